The van der Waals surface area contributed by atoms with Gasteiger partial charge in [0, 0.05) is 47.9 Å². The normalized spacial score (nSPS) is 16.7. The van der Waals surface area contributed by atoms with Gasteiger partial charge in [0.2, 0.25) is 11.9 Å². The Hall–Kier alpha value is -4.58. The van der Waals surface area contributed by atoms with E-state index in [0.29, 0.717) is 64.5 Å². The summed E-state index contributed by atoms with van der Waals surface area (Å²) in [6.45, 7) is 5.16. The van der Waals surface area contributed by atoms with E-state index in [0.717, 1.165) is 24.9 Å². The van der Waals surface area contributed by atoms with Crippen LogP contribution in [0.5, 0.6) is 0 Å². The average molecular weight is 513 g/mol. The van der Waals surface area contributed by atoms with E-state index in [9.17, 15) is 9.59 Å². The Morgan fingerprint density at radius 2 is 2.13 bits per heavy atom. The van der Waals surface area contributed by atoms with Crippen LogP contribution >= 0.6 is 0 Å². The Kier molecular flexibility index (Phi) is 5.87. The van der Waals surface area contributed by atoms with Crippen molar-refractivity contribution in [1.82, 2.24) is 44.7 Å². The van der Waals surface area contributed by atoms with Crippen molar-refractivity contribution in [1.29, 1.82) is 0 Å². The molecule has 2 aliphatic rings. The number of rotatable bonds is 8. The van der Waals surface area contributed by atoms with E-state index in [1.807, 2.05) is 25.1 Å². The molecule has 3 aromatic heterocycles. The number of anilines is 1. The molecule has 1 aliphatic carbocycles. The fourth-order valence-electron chi connectivity index (χ4n) is 4.30. The number of benzene rings is 1. The highest BCUT2D eigenvalue weighted by Crippen LogP contribution is 2.27. The fourth-order valence-corrected chi connectivity index (χ4v) is 4.30. The highest BCUT2D eigenvalue weighted by molar-refractivity contribution is 6.02. The zero-order valence-electron chi connectivity index (χ0n) is 21.2. The number of carbonyl (C=O) groups excluding carboxylic acids is 2. The third-order valence-corrected chi connectivity index (χ3v) is 6.48. The molecule has 38 heavy (non-hydrogen) atoms. The van der Waals surface area contributed by atoms with Gasteiger partial charge in [0.15, 0.2) is 5.65 Å². The largest absolute Gasteiger partial charge is 0.351 e. The molecular weight excluding hydrogens is 484 g/mol. The SMILES string of the molecule is C=C1CC(=Cc2cnn3c(NC4CC4)nc(-n4cnc5cc(C(=O)NCCN(C)C)ccc54)nc23)C(=O)N1. The van der Waals surface area contributed by atoms with Crippen molar-refractivity contribution in [2.75, 3.05) is 32.5 Å². The zero-order chi connectivity index (χ0) is 26.4. The molecule has 6 rings (SSSR count). The van der Waals surface area contributed by atoms with Gasteiger partial charge >= 0.3 is 0 Å². The van der Waals surface area contributed by atoms with Crippen molar-refractivity contribution in [3.8, 4) is 5.95 Å². The highest BCUT2D eigenvalue weighted by atomic mass is 16.2. The maximum Gasteiger partial charge on any atom is 0.251 e. The van der Waals surface area contributed by atoms with Gasteiger partial charge in [0.05, 0.1) is 17.2 Å². The van der Waals surface area contributed by atoms with Crippen LogP contribution in [0.4, 0.5) is 5.95 Å². The summed E-state index contributed by atoms with van der Waals surface area (Å²) in [5, 5.41) is 13.6. The van der Waals surface area contributed by atoms with Gasteiger partial charge in [0.1, 0.15) is 6.33 Å². The number of carbonyl (C=O) groups is 2. The van der Waals surface area contributed by atoms with Gasteiger partial charge < -0.3 is 20.9 Å². The molecule has 1 aliphatic heterocycles. The second kappa shape index (κ2) is 9.38. The zero-order valence-corrected chi connectivity index (χ0v) is 21.2. The second-order valence-electron chi connectivity index (χ2n) is 9.88. The van der Waals surface area contributed by atoms with Crippen LogP contribution in [0.2, 0.25) is 0 Å². The summed E-state index contributed by atoms with van der Waals surface area (Å²) in [6.07, 6.45) is 7.71. The van der Waals surface area contributed by atoms with Crippen molar-refractivity contribution < 1.29 is 9.59 Å². The number of fused-ring (bicyclic) bond motifs is 2. The van der Waals surface area contributed by atoms with E-state index in [2.05, 4.69) is 32.6 Å². The second-order valence-corrected chi connectivity index (χ2v) is 9.88. The lowest BCUT2D eigenvalue weighted by molar-refractivity contribution is -0.115. The Morgan fingerprint density at radius 3 is 2.87 bits per heavy atom. The summed E-state index contributed by atoms with van der Waals surface area (Å²) in [5.41, 5.74) is 4.49. The molecule has 2 fully saturated rings. The number of imidazole rings is 1. The van der Waals surface area contributed by atoms with Crippen LogP contribution < -0.4 is 16.0 Å². The first-order chi connectivity index (χ1) is 18.4. The van der Waals surface area contributed by atoms with Gasteiger partial charge in [-0.05, 0) is 51.2 Å². The first-order valence-electron chi connectivity index (χ1n) is 12.5. The molecule has 0 bridgehead atoms. The maximum absolute atomic E-state index is 12.6. The number of nitrogens with one attached hydrogen (secondary N) is 3. The minimum Gasteiger partial charge on any atom is -0.351 e. The molecule has 12 heteroatoms. The van der Waals surface area contributed by atoms with Crippen molar-refractivity contribution in [2.24, 2.45) is 0 Å². The summed E-state index contributed by atoms with van der Waals surface area (Å²) in [7, 11) is 3.92. The van der Waals surface area contributed by atoms with E-state index in [-0.39, 0.29) is 11.8 Å². The lowest BCUT2D eigenvalue weighted by atomic mass is 10.1. The molecule has 1 saturated heterocycles. The van der Waals surface area contributed by atoms with Gasteiger partial charge in [-0.1, -0.05) is 6.58 Å². The van der Waals surface area contributed by atoms with Gasteiger partial charge in [0.25, 0.3) is 11.8 Å². The van der Waals surface area contributed by atoms with Gasteiger partial charge in [-0.2, -0.15) is 19.6 Å². The average Bonchev–Trinajstić information content (AvgIpc) is 3.30. The van der Waals surface area contributed by atoms with Crippen LogP contribution in [0, 0.1) is 0 Å². The van der Waals surface area contributed by atoms with Crippen LogP contribution in [-0.4, -0.2) is 79.1 Å². The molecular formula is C26H28N10O2. The quantitative estimate of drug-likeness (QED) is 0.304. The third kappa shape index (κ3) is 4.61. The Morgan fingerprint density at radius 1 is 1.29 bits per heavy atom. The van der Waals surface area contributed by atoms with Crippen LogP contribution in [-0.2, 0) is 4.79 Å². The fraction of sp³-hybridized carbons (Fsp3) is 0.308. The van der Waals surface area contributed by atoms with Crippen LogP contribution in [0.1, 0.15) is 35.2 Å². The highest BCUT2D eigenvalue weighted by Gasteiger charge is 2.25. The summed E-state index contributed by atoms with van der Waals surface area (Å²) in [4.78, 5) is 41.0. The Labute approximate surface area is 218 Å². The molecule has 2 amide bonds. The van der Waals surface area contributed by atoms with Crippen LogP contribution in [0.25, 0.3) is 28.7 Å². The summed E-state index contributed by atoms with van der Waals surface area (Å²) >= 11 is 0. The minimum atomic E-state index is -0.165. The van der Waals surface area contributed by atoms with Crippen molar-refractivity contribution in [3.05, 3.63) is 59.7 Å². The molecule has 0 unspecified atom stereocenters. The van der Waals surface area contributed by atoms with E-state index in [1.165, 1.54) is 0 Å². The summed E-state index contributed by atoms with van der Waals surface area (Å²) < 4.78 is 3.44. The number of hydrogen-bond acceptors (Lipinski definition) is 8. The smallest absolute Gasteiger partial charge is 0.251 e. The maximum atomic E-state index is 12.6. The van der Waals surface area contributed by atoms with E-state index < -0.39 is 0 Å². The van der Waals surface area contributed by atoms with E-state index >= 15 is 0 Å². The number of nitrogens with zero attached hydrogens (tertiary/aromatic N) is 7. The first kappa shape index (κ1) is 23.8. The molecule has 0 atom stereocenters. The number of hydrogen-bond donors (Lipinski definition) is 3. The number of allylic oxidation sites excluding steroid dienone is 1. The number of likely N-dealkylation sites (N-methyl/N-ethyl adjacent to an activating group) is 1. The molecule has 4 heterocycles. The van der Waals surface area contributed by atoms with Gasteiger partial charge in [-0.25, -0.2) is 4.98 Å². The lowest BCUT2D eigenvalue weighted by Crippen LogP contribution is -2.31. The molecule has 194 valence electrons. The molecule has 1 aromatic carbocycles. The van der Waals surface area contributed by atoms with Gasteiger partial charge in [-0.15, -0.1) is 0 Å². The summed E-state index contributed by atoms with van der Waals surface area (Å²) in [5.74, 6) is 0.664. The van der Waals surface area contributed by atoms with Crippen LogP contribution in [0.15, 0.2) is 48.6 Å². The molecule has 0 spiro atoms. The monoisotopic (exact) mass is 512 g/mol. The molecule has 3 N–H and O–H groups in total. The van der Waals surface area contributed by atoms with E-state index in [4.69, 9.17) is 9.97 Å². The van der Waals surface area contributed by atoms with E-state index in [1.54, 1.807) is 39.8 Å². The predicted octanol–water partition coefficient (Wildman–Crippen LogP) is 1.75. The topological polar surface area (TPSA) is 134 Å². The number of amides is 2. The summed E-state index contributed by atoms with van der Waals surface area (Å²) in [6, 6.07) is 5.72. The molecule has 4 aromatic rings. The molecule has 0 radical (unpaired) electrons. The predicted molar refractivity (Wildman–Crippen MR) is 143 cm³/mol. The lowest BCUT2D eigenvalue weighted by Gasteiger charge is -2.11. The molecule has 1 saturated carbocycles. The van der Waals surface area contributed by atoms with Crippen LogP contribution in [0.3, 0.4) is 0 Å². The Bertz CT molecular complexity index is 1630. The molecule has 12 nitrogen and oxygen atoms in total. The third-order valence-electron chi connectivity index (χ3n) is 6.48. The minimum absolute atomic E-state index is 0.146. The van der Waals surface area contributed by atoms with Crippen molar-refractivity contribution in [2.45, 2.75) is 25.3 Å². The van der Waals surface area contributed by atoms with Crippen molar-refractivity contribution in [3.63, 3.8) is 0 Å². The Balaban J connectivity index is 1.38. The van der Waals surface area contributed by atoms with Crippen molar-refractivity contribution >= 4 is 40.5 Å². The first-order valence-corrected chi connectivity index (χ1v) is 12.5. The number of aromatic nitrogens is 6. The standard InChI is InChI=1S/C26H28N10O2/c1-15-10-17(24(38)30-15)11-18-13-29-36-22(18)32-25(33-26(36)31-19-5-6-19)35-14-28-20-12-16(4-7-21(20)35)23(37)27-8-9-34(2)3/h4,7,11-14,19H,1,5-6,8-10H2,2-3H3,(H,27,37)(H,30,38)(H,31,32,33). The van der Waals surface area contributed by atoms with Gasteiger partial charge in [-0.3, -0.25) is 14.2 Å².